The van der Waals surface area contributed by atoms with Crippen LogP contribution in [0.5, 0.6) is 0 Å². The molecule has 7 nitrogen and oxygen atoms in total. The second kappa shape index (κ2) is 4.56. The second-order valence-corrected chi connectivity index (χ2v) is 4.93. The number of urea groups is 1. The summed E-state index contributed by atoms with van der Waals surface area (Å²) in [6.07, 6.45) is 4.19. The number of rotatable bonds is 2. The molecule has 0 aromatic rings. The van der Waals surface area contributed by atoms with Crippen LogP contribution in [-0.2, 0) is 9.59 Å². The van der Waals surface area contributed by atoms with Crippen molar-refractivity contribution in [3.63, 3.8) is 0 Å². The molecular formula is C11H18N4O3. The van der Waals surface area contributed by atoms with Gasteiger partial charge in [0.1, 0.15) is 11.6 Å². The Hall–Kier alpha value is -1.63. The molecule has 100 valence electrons. The first-order chi connectivity index (χ1) is 8.52. The number of nitrogens with one attached hydrogen (secondary N) is 2. The Morgan fingerprint density at radius 1 is 1.39 bits per heavy atom. The van der Waals surface area contributed by atoms with E-state index >= 15 is 0 Å². The molecule has 1 unspecified atom stereocenters. The Labute approximate surface area is 105 Å². The molecule has 0 bridgehead atoms. The molecule has 0 aromatic carbocycles. The third kappa shape index (κ3) is 1.84. The zero-order chi connectivity index (χ0) is 13.3. The van der Waals surface area contributed by atoms with E-state index in [1.807, 2.05) is 5.43 Å². The van der Waals surface area contributed by atoms with E-state index in [4.69, 9.17) is 5.84 Å². The molecule has 2 rings (SSSR count). The fourth-order valence-electron chi connectivity index (χ4n) is 2.72. The maximum atomic E-state index is 12.4. The first-order valence-corrected chi connectivity index (χ1v) is 6.18. The van der Waals surface area contributed by atoms with E-state index in [2.05, 4.69) is 5.32 Å². The first-order valence-electron chi connectivity index (χ1n) is 6.18. The predicted octanol–water partition coefficient (Wildman–Crippen LogP) is -0.381. The average Bonchev–Trinajstić information content (AvgIpc) is 2.60. The highest BCUT2D eigenvalue weighted by molar-refractivity contribution is 6.09. The van der Waals surface area contributed by atoms with Gasteiger partial charge in [-0.05, 0) is 19.8 Å². The average molecular weight is 254 g/mol. The molecule has 1 spiro atoms. The van der Waals surface area contributed by atoms with Crippen LogP contribution in [0.2, 0.25) is 0 Å². The highest BCUT2D eigenvalue weighted by Crippen LogP contribution is 2.34. The molecule has 1 aliphatic heterocycles. The monoisotopic (exact) mass is 254 g/mol. The van der Waals surface area contributed by atoms with Gasteiger partial charge in [-0.2, -0.15) is 0 Å². The van der Waals surface area contributed by atoms with Gasteiger partial charge in [-0.25, -0.2) is 15.5 Å². The number of amides is 4. The number of nitrogens with two attached hydrogens (primary N) is 1. The van der Waals surface area contributed by atoms with Crippen molar-refractivity contribution < 1.29 is 14.4 Å². The van der Waals surface area contributed by atoms with Crippen molar-refractivity contribution >= 4 is 17.8 Å². The molecule has 0 aromatic heterocycles. The lowest BCUT2D eigenvalue weighted by Crippen LogP contribution is -2.52. The highest BCUT2D eigenvalue weighted by Gasteiger charge is 2.53. The molecule has 18 heavy (non-hydrogen) atoms. The van der Waals surface area contributed by atoms with E-state index in [9.17, 15) is 14.4 Å². The number of hydrogen-bond acceptors (Lipinski definition) is 4. The van der Waals surface area contributed by atoms with E-state index < -0.39 is 23.5 Å². The van der Waals surface area contributed by atoms with Crippen molar-refractivity contribution in [3.8, 4) is 0 Å². The standard InChI is InChI=1S/C11H18N4O3/c1-7(8(16)14-12)15-9(17)11(13-10(15)18)5-3-2-4-6-11/h7H,2-6,12H2,1H3,(H,13,18)(H,14,16). The van der Waals surface area contributed by atoms with Crippen LogP contribution >= 0.6 is 0 Å². The van der Waals surface area contributed by atoms with E-state index in [-0.39, 0.29) is 5.91 Å². The van der Waals surface area contributed by atoms with Crippen LogP contribution in [0.4, 0.5) is 4.79 Å². The Morgan fingerprint density at radius 2 is 2.00 bits per heavy atom. The minimum absolute atomic E-state index is 0.302. The van der Waals surface area contributed by atoms with Gasteiger partial charge in [0.2, 0.25) is 0 Å². The minimum Gasteiger partial charge on any atom is -0.323 e. The van der Waals surface area contributed by atoms with Gasteiger partial charge in [0.25, 0.3) is 11.8 Å². The Balaban J connectivity index is 2.21. The number of hydrogen-bond donors (Lipinski definition) is 3. The van der Waals surface area contributed by atoms with Crippen LogP contribution in [0, 0.1) is 0 Å². The van der Waals surface area contributed by atoms with Gasteiger partial charge in [-0.15, -0.1) is 0 Å². The van der Waals surface area contributed by atoms with Gasteiger partial charge in [-0.1, -0.05) is 19.3 Å². The quantitative estimate of drug-likeness (QED) is 0.270. The molecule has 1 aliphatic carbocycles. The SMILES string of the molecule is CC(C(=O)NN)N1C(=O)NC2(CCCCC2)C1=O. The molecule has 4 N–H and O–H groups in total. The zero-order valence-corrected chi connectivity index (χ0v) is 10.4. The molecule has 1 heterocycles. The van der Waals surface area contributed by atoms with Crippen molar-refractivity contribution in [2.24, 2.45) is 5.84 Å². The van der Waals surface area contributed by atoms with Gasteiger partial charge >= 0.3 is 6.03 Å². The smallest absolute Gasteiger partial charge is 0.323 e. The molecule has 2 fully saturated rings. The maximum absolute atomic E-state index is 12.4. The summed E-state index contributed by atoms with van der Waals surface area (Å²) in [7, 11) is 0. The van der Waals surface area contributed by atoms with Crippen LogP contribution in [0.25, 0.3) is 0 Å². The van der Waals surface area contributed by atoms with Crippen molar-refractivity contribution in [2.75, 3.05) is 0 Å². The van der Waals surface area contributed by atoms with Gasteiger partial charge < -0.3 is 5.32 Å². The van der Waals surface area contributed by atoms with Crippen LogP contribution in [0.15, 0.2) is 0 Å². The third-order valence-electron chi connectivity index (χ3n) is 3.81. The van der Waals surface area contributed by atoms with Crippen molar-refractivity contribution in [2.45, 2.75) is 50.6 Å². The van der Waals surface area contributed by atoms with Crippen LogP contribution in [0.1, 0.15) is 39.0 Å². The summed E-state index contributed by atoms with van der Waals surface area (Å²) in [5.41, 5.74) is 1.17. The third-order valence-corrected chi connectivity index (χ3v) is 3.81. The lowest BCUT2D eigenvalue weighted by molar-refractivity contribution is -0.138. The normalized spacial score (nSPS) is 24.0. The molecule has 4 amide bonds. The summed E-state index contributed by atoms with van der Waals surface area (Å²) < 4.78 is 0. The molecular weight excluding hydrogens is 236 g/mol. The lowest BCUT2D eigenvalue weighted by atomic mass is 9.81. The van der Waals surface area contributed by atoms with Gasteiger partial charge in [-0.3, -0.25) is 15.0 Å². The highest BCUT2D eigenvalue weighted by atomic mass is 16.2. The summed E-state index contributed by atoms with van der Waals surface area (Å²) in [4.78, 5) is 36.7. The van der Waals surface area contributed by atoms with Crippen molar-refractivity contribution in [1.82, 2.24) is 15.6 Å². The van der Waals surface area contributed by atoms with E-state index in [0.717, 1.165) is 24.2 Å². The van der Waals surface area contributed by atoms with E-state index in [1.54, 1.807) is 0 Å². The molecule has 7 heteroatoms. The largest absolute Gasteiger partial charge is 0.325 e. The Bertz CT molecular complexity index is 390. The summed E-state index contributed by atoms with van der Waals surface area (Å²) in [6, 6.07) is -1.39. The number of carbonyl (C=O) groups is 3. The van der Waals surface area contributed by atoms with Crippen LogP contribution < -0.4 is 16.6 Å². The van der Waals surface area contributed by atoms with Crippen molar-refractivity contribution in [1.29, 1.82) is 0 Å². The van der Waals surface area contributed by atoms with Gasteiger partial charge in [0, 0.05) is 0 Å². The predicted molar refractivity (Wildman–Crippen MR) is 63.0 cm³/mol. The number of carbonyl (C=O) groups excluding carboxylic acids is 3. The van der Waals surface area contributed by atoms with Crippen LogP contribution in [-0.4, -0.2) is 34.3 Å². The van der Waals surface area contributed by atoms with E-state index in [1.165, 1.54) is 6.92 Å². The maximum Gasteiger partial charge on any atom is 0.325 e. The summed E-state index contributed by atoms with van der Waals surface area (Å²) in [6.45, 7) is 1.49. The minimum atomic E-state index is -0.885. The van der Waals surface area contributed by atoms with Gasteiger partial charge in [0.05, 0.1) is 0 Å². The molecule has 1 saturated carbocycles. The van der Waals surface area contributed by atoms with Gasteiger partial charge in [0.15, 0.2) is 0 Å². The summed E-state index contributed by atoms with van der Waals surface area (Å²) >= 11 is 0. The number of hydrazine groups is 1. The molecule has 1 atom stereocenters. The Morgan fingerprint density at radius 3 is 2.56 bits per heavy atom. The molecule has 2 aliphatic rings. The fraction of sp³-hybridized carbons (Fsp3) is 0.727. The van der Waals surface area contributed by atoms with Crippen molar-refractivity contribution in [3.05, 3.63) is 0 Å². The number of nitrogens with zero attached hydrogens (tertiary/aromatic N) is 1. The molecule has 0 radical (unpaired) electrons. The zero-order valence-electron chi connectivity index (χ0n) is 10.4. The molecule has 1 saturated heterocycles. The fourth-order valence-corrected chi connectivity index (χ4v) is 2.72. The number of imide groups is 1. The van der Waals surface area contributed by atoms with Crippen LogP contribution in [0.3, 0.4) is 0 Å². The topological polar surface area (TPSA) is 105 Å². The second-order valence-electron chi connectivity index (χ2n) is 4.93. The summed E-state index contributed by atoms with van der Waals surface area (Å²) in [5.74, 6) is 4.18. The first kappa shape index (κ1) is 12.8. The Kier molecular flexibility index (Phi) is 3.25. The lowest BCUT2D eigenvalue weighted by Gasteiger charge is -2.31. The summed E-state index contributed by atoms with van der Waals surface area (Å²) in [5, 5.41) is 2.75. The van der Waals surface area contributed by atoms with E-state index in [0.29, 0.717) is 12.8 Å².